The van der Waals surface area contributed by atoms with Gasteiger partial charge in [0.25, 0.3) is 5.91 Å². The highest BCUT2D eigenvalue weighted by atomic mass is 16.5. The van der Waals surface area contributed by atoms with Gasteiger partial charge in [-0.25, -0.2) is 0 Å². The van der Waals surface area contributed by atoms with Crippen LogP contribution in [0, 0.1) is 5.92 Å². The molecule has 2 aromatic rings. The Labute approximate surface area is 172 Å². The molecule has 0 bridgehead atoms. The van der Waals surface area contributed by atoms with E-state index in [1.54, 1.807) is 0 Å². The van der Waals surface area contributed by atoms with Crippen molar-refractivity contribution >= 4 is 17.5 Å². The van der Waals surface area contributed by atoms with Crippen molar-refractivity contribution in [2.45, 2.75) is 51.1 Å². The second-order valence-corrected chi connectivity index (χ2v) is 7.89. The van der Waals surface area contributed by atoms with Gasteiger partial charge >= 0.3 is 0 Å². The summed E-state index contributed by atoms with van der Waals surface area (Å²) in [4.78, 5) is 28.4. The normalized spacial score (nSPS) is 23.3. The summed E-state index contributed by atoms with van der Waals surface area (Å²) in [5, 5.41) is 3.01. The zero-order valence-electron chi connectivity index (χ0n) is 16.8. The number of carbonyl (C=O) groups excluding carboxylic acids is 2. The molecule has 0 aromatic heterocycles. The molecule has 4 rings (SSSR count). The van der Waals surface area contributed by atoms with Crippen molar-refractivity contribution in [1.29, 1.82) is 0 Å². The lowest BCUT2D eigenvalue weighted by molar-refractivity contribution is -0.120. The largest absolute Gasteiger partial charge is 0.494 e. The van der Waals surface area contributed by atoms with Gasteiger partial charge in [0.1, 0.15) is 11.8 Å². The summed E-state index contributed by atoms with van der Waals surface area (Å²) >= 11 is 0. The fourth-order valence-corrected chi connectivity index (χ4v) is 4.74. The highest BCUT2D eigenvalue weighted by molar-refractivity contribution is 6.01. The van der Waals surface area contributed by atoms with Crippen molar-refractivity contribution in [3.05, 3.63) is 60.2 Å². The SMILES string of the molecule is CCOc1ccc(NC(=O)C2CC3CCCCC3N2C(=O)c2ccccc2)cc1. The lowest BCUT2D eigenvalue weighted by atomic mass is 9.84. The van der Waals surface area contributed by atoms with E-state index in [2.05, 4.69) is 5.32 Å². The minimum atomic E-state index is -0.428. The molecule has 5 heteroatoms. The third-order valence-corrected chi connectivity index (χ3v) is 6.08. The van der Waals surface area contributed by atoms with Crippen LogP contribution < -0.4 is 10.1 Å². The fourth-order valence-electron chi connectivity index (χ4n) is 4.74. The zero-order valence-corrected chi connectivity index (χ0v) is 16.8. The second-order valence-electron chi connectivity index (χ2n) is 7.89. The Bertz CT molecular complexity index is 850. The predicted octanol–water partition coefficient (Wildman–Crippen LogP) is 4.50. The molecule has 2 fully saturated rings. The van der Waals surface area contributed by atoms with E-state index in [1.807, 2.05) is 66.4 Å². The van der Waals surface area contributed by atoms with Crippen LogP contribution in [0.5, 0.6) is 5.75 Å². The van der Waals surface area contributed by atoms with Crippen LogP contribution in [0.4, 0.5) is 5.69 Å². The van der Waals surface area contributed by atoms with Crippen LogP contribution >= 0.6 is 0 Å². The first-order chi connectivity index (χ1) is 14.2. The number of hydrogen-bond acceptors (Lipinski definition) is 3. The number of carbonyl (C=O) groups is 2. The average molecular weight is 392 g/mol. The van der Waals surface area contributed by atoms with Gasteiger partial charge in [-0.1, -0.05) is 31.0 Å². The Morgan fingerprint density at radius 3 is 2.48 bits per heavy atom. The molecule has 0 spiro atoms. The van der Waals surface area contributed by atoms with Gasteiger partial charge in [-0.2, -0.15) is 0 Å². The van der Waals surface area contributed by atoms with Gasteiger partial charge in [0.05, 0.1) is 6.61 Å². The molecule has 152 valence electrons. The quantitative estimate of drug-likeness (QED) is 0.815. The molecule has 3 unspecified atom stereocenters. The topological polar surface area (TPSA) is 58.6 Å². The van der Waals surface area contributed by atoms with Gasteiger partial charge in [-0.3, -0.25) is 9.59 Å². The summed E-state index contributed by atoms with van der Waals surface area (Å²) in [5.41, 5.74) is 1.37. The molecule has 1 aliphatic carbocycles. The van der Waals surface area contributed by atoms with Crippen molar-refractivity contribution in [3.8, 4) is 5.75 Å². The van der Waals surface area contributed by atoms with E-state index in [4.69, 9.17) is 4.74 Å². The number of anilines is 1. The Kier molecular flexibility index (Phi) is 5.84. The number of nitrogens with one attached hydrogen (secondary N) is 1. The molecule has 2 amide bonds. The van der Waals surface area contributed by atoms with Crippen LogP contribution in [-0.2, 0) is 4.79 Å². The second kappa shape index (κ2) is 8.68. The van der Waals surface area contributed by atoms with Crippen molar-refractivity contribution in [2.24, 2.45) is 5.92 Å². The molecule has 5 nitrogen and oxygen atoms in total. The lowest BCUT2D eigenvalue weighted by Gasteiger charge is -2.33. The number of fused-ring (bicyclic) bond motifs is 1. The van der Waals surface area contributed by atoms with E-state index < -0.39 is 6.04 Å². The summed E-state index contributed by atoms with van der Waals surface area (Å²) < 4.78 is 5.46. The van der Waals surface area contributed by atoms with Gasteiger partial charge in [0, 0.05) is 17.3 Å². The van der Waals surface area contributed by atoms with E-state index in [0.717, 1.165) is 37.1 Å². The maximum absolute atomic E-state index is 13.3. The van der Waals surface area contributed by atoms with E-state index >= 15 is 0 Å². The predicted molar refractivity (Wildman–Crippen MR) is 113 cm³/mol. The van der Waals surface area contributed by atoms with Crippen LogP contribution in [0.1, 0.15) is 49.4 Å². The van der Waals surface area contributed by atoms with Gasteiger partial charge in [-0.05, 0) is 68.5 Å². The summed E-state index contributed by atoms with van der Waals surface area (Å²) in [6.45, 7) is 2.54. The molecule has 2 aliphatic rings. The maximum atomic E-state index is 13.3. The fraction of sp³-hybridized carbons (Fsp3) is 0.417. The summed E-state index contributed by atoms with van der Waals surface area (Å²) in [7, 11) is 0. The molecular formula is C24H28N2O3. The van der Waals surface area contributed by atoms with E-state index in [0.29, 0.717) is 18.1 Å². The number of likely N-dealkylation sites (tertiary alicyclic amines) is 1. The number of rotatable bonds is 5. The molecule has 1 saturated carbocycles. The van der Waals surface area contributed by atoms with Crippen molar-refractivity contribution in [3.63, 3.8) is 0 Å². The third-order valence-electron chi connectivity index (χ3n) is 6.08. The summed E-state index contributed by atoms with van der Waals surface area (Å²) in [6, 6.07) is 16.4. The van der Waals surface area contributed by atoms with Gasteiger partial charge in [0.15, 0.2) is 0 Å². The van der Waals surface area contributed by atoms with Crippen LogP contribution in [0.2, 0.25) is 0 Å². The number of benzene rings is 2. The molecule has 0 radical (unpaired) electrons. The number of ether oxygens (including phenoxy) is 1. The van der Waals surface area contributed by atoms with Crippen molar-refractivity contribution < 1.29 is 14.3 Å². The Hall–Kier alpha value is -2.82. The smallest absolute Gasteiger partial charge is 0.254 e. The van der Waals surface area contributed by atoms with Crippen molar-refractivity contribution in [2.75, 3.05) is 11.9 Å². The minimum Gasteiger partial charge on any atom is -0.494 e. The van der Waals surface area contributed by atoms with Crippen molar-refractivity contribution in [1.82, 2.24) is 4.90 Å². The summed E-state index contributed by atoms with van der Waals surface area (Å²) in [6.07, 6.45) is 5.12. The van der Waals surface area contributed by atoms with Crippen LogP contribution in [0.25, 0.3) is 0 Å². The number of hydrogen-bond donors (Lipinski definition) is 1. The molecule has 1 saturated heterocycles. The Morgan fingerprint density at radius 1 is 1.03 bits per heavy atom. The highest BCUT2D eigenvalue weighted by Crippen LogP contribution is 2.40. The first-order valence-electron chi connectivity index (χ1n) is 10.6. The molecule has 1 aliphatic heterocycles. The Balaban J connectivity index is 1.54. The van der Waals surface area contributed by atoms with Crippen LogP contribution in [-0.4, -0.2) is 35.4 Å². The number of nitrogens with zero attached hydrogens (tertiary/aromatic N) is 1. The zero-order chi connectivity index (χ0) is 20.2. The first-order valence-corrected chi connectivity index (χ1v) is 10.6. The lowest BCUT2D eigenvalue weighted by Crippen LogP contribution is -2.47. The van der Waals surface area contributed by atoms with Gasteiger partial charge < -0.3 is 15.0 Å². The van der Waals surface area contributed by atoms with Gasteiger partial charge in [-0.15, -0.1) is 0 Å². The van der Waals surface area contributed by atoms with E-state index in [9.17, 15) is 9.59 Å². The molecule has 1 N–H and O–H groups in total. The monoisotopic (exact) mass is 392 g/mol. The van der Waals surface area contributed by atoms with Gasteiger partial charge in [0.2, 0.25) is 5.91 Å². The molecule has 3 atom stereocenters. The Morgan fingerprint density at radius 2 is 1.76 bits per heavy atom. The summed E-state index contributed by atoms with van der Waals surface area (Å²) in [5.74, 6) is 1.05. The van der Waals surface area contributed by atoms with E-state index in [-0.39, 0.29) is 17.9 Å². The minimum absolute atomic E-state index is 0.0353. The average Bonchev–Trinajstić information content (AvgIpc) is 3.15. The molecule has 1 heterocycles. The first kappa shape index (κ1) is 19.5. The third kappa shape index (κ3) is 4.14. The number of amides is 2. The highest BCUT2D eigenvalue weighted by Gasteiger charge is 2.47. The molecule has 2 aromatic carbocycles. The maximum Gasteiger partial charge on any atom is 0.254 e. The van der Waals surface area contributed by atoms with Crippen LogP contribution in [0.3, 0.4) is 0 Å². The molecular weight excluding hydrogens is 364 g/mol. The standard InChI is InChI=1S/C24H28N2O3/c1-2-29-20-14-12-19(13-15-20)25-23(27)22-16-18-10-6-7-11-21(18)26(22)24(28)17-8-4-3-5-9-17/h3-5,8-9,12-15,18,21-22H,2,6-7,10-11,16H2,1H3,(H,25,27). The van der Waals surface area contributed by atoms with E-state index in [1.165, 1.54) is 6.42 Å². The molecule has 29 heavy (non-hydrogen) atoms. The van der Waals surface area contributed by atoms with Crippen LogP contribution in [0.15, 0.2) is 54.6 Å².